The van der Waals surface area contributed by atoms with E-state index in [1.807, 2.05) is 0 Å². The van der Waals surface area contributed by atoms with Crippen LogP contribution in [0.15, 0.2) is 29.1 Å². The maximum absolute atomic E-state index is 12.1. The third-order valence-electron chi connectivity index (χ3n) is 2.86. The van der Waals surface area contributed by atoms with E-state index >= 15 is 0 Å². The van der Waals surface area contributed by atoms with Crippen molar-refractivity contribution in [2.75, 3.05) is 13.7 Å². The number of carbonyl (C=O) groups is 1. The third-order valence-corrected chi connectivity index (χ3v) is 2.86. The van der Waals surface area contributed by atoms with E-state index in [0.29, 0.717) is 16.5 Å². The number of rotatable bonds is 4. The average molecular weight is 261 g/mol. The molecule has 1 aromatic carbocycles. The van der Waals surface area contributed by atoms with Crippen LogP contribution < -0.4 is 10.9 Å². The molecule has 2 rings (SSSR count). The zero-order valence-corrected chi connectivity index (χ0v) is 10.6. The number of benzene rings is 1. The second-order valence-electron chi connectivity index (χ2n) is 4.09. The summed E-state index contributed by atoms with van der Waals surface area (Å²) < 4.78 is 1.20. The first kappa shape index (κ1) is 13.2. The van der Waals surface area contributed by atoms with E-state index in [2.05, 4.69) is 10.4 Å². The number of hydrogen-bond acceptors (Lipinski definition) is 4. The van der Waals surface area contributed by atoms with Crippen LogP contribution in [0.3, 0.4) is 0 Å². The minimum absolute atomic E-state index is 0.0999. The predicted octanol–water partition coefficient (Wildman–Crippen LogP) is -0.323. The highest BCUT2D eigenvalue weighted by Crippen LogP contribution is 2.13. The van der Waals surface area contributed by atoms with Crippen LogP contribution >= 0.6 is 0 Å². The number of aliphatic hydroxyl groups excluding tert-OH is 1. The van der Waals surface area contributed by atoms with Crippen molar-refractivity contribution < 1.29 is 9.90 Å². The Balaban J connectivity index is 2.64. The van der Waals surface area contributed by atoms with Crippen LogP contribution in [0.5, 0.6) is 0 Å². The highest BCUT2D eigenvalue weighted by molar-refractivity contribution is 5.88. The zero-order valence-electron chi connectivity index (χ0n) is 10.6. The van der Waals surface area contributed by atoms with Crippen LogP contribution in [0.25, 0.3) is 10.8 Å². The summed E-state index contributed by atoms with van der Waals surface area (Å²) in [6.07, 6.45) is 0.0999. The number of hydrogen-bond donors (Lipinski definition) is 2. The van der Waals surface area contributed by atoms with Crippen LogP contribution in [0.4, 0.5) is 0 Å². The lowest BCUT2D eigenvalue weighted by atomic mass is 10.1. The normalized spacial score (nSPS) is 10.6. The monoisotopic (exact) mass is 261 g/mol. The second-order valence-corrected chi connectivity index (χ2v) is 4.09. The van der Waals surface area contributed by atoms with Gasteiger partial charge in [-0.2, -0.15) is 5.10 Å². The number of aliphatic hydroxyl groups is 1. The molecule has 2 N–H and O–H groups in total. The topological polar surface area (TPSA) is 84.2 Å². The highest BCUT2D eigenvalue weighted by atomic mass is 16.3. The SMILES string of the molecule is CNC(=O)Cc1nn(CCO)c(=O)c2ccccc12. The Labute approximate surface area is 109 Å². The first-order valence-electron chi connectivity index (χ1n) is 5.97. The molecule has 0 bridgehead atoms. The van der Waals surface area contributed by atoms with Gasteiger partial charge in [-0.15, -0.1) is 0 Å². The predicted molar refractivity (Wildman–Crippen MR) is 70.9 cm³/mol. The molecule has 1 aromatic heterocycles. The molecular formula is C13H15N3O3. The van der Waals surface area contributed by atoms with Crippen molar-refractivity contribution >= 4 is 16.7 Å². The minimum Gasteiger partial charge on any atom is -0.394 e. The van der Waals surface area contributed by atoms with Crippen LogP contribution in [-0.2, 0) is 17.8 Å². The molecule has 6 heteroatoms. The average Bonchev–Trinajstić information content (AvgIpc) is 2.44. The fraction of sp³-hybridized carbons (Fsp3) is 0.308. The Kier molecular flexibility index (Phi) is 3.91. The van der Waals surface area contributed by atoms with Gasteiger partial charge in [0.05, 0.1) is 30.7 Å². The number of fused-ring (bicyclic) bond motifs is 1. The van der Waals surface area contributed by atoms with E-state index in [1.165, 1.54) is 4.68 Å². The lowest BCUT2D eigenvalue weighted by Gasteiger charge is -2.09. The zero-order chi connectivity index (χ0) is 13.8. The quantitative estimate of drug-likeness (QED) is 0.790. The molecule has 0 saturated heterocycles. The number of likely N-dealkylation sites (N-methyl/N-ethyl adjacent to an activating group) is 1. The summed E-state index contributed by atoms with van der Waals surface area (Å²) in [7, 11) is 1.55. The van der Waals surface area contributed by atoms with Gasteiger partial charge in [0, 0.05) is 12.4 Å². The van der Waals surface area contributed by atoms with E-state index in [9.17, 15) is 9.59 Å². The van der Waals surface area contributed by atoms with Crippen LogP contribution in [0.2, 0.25) is 0 Å². The van der Waals surface area contributed by atoms with Gasteiger partial charge in [0.15, 0.2) is 0 Å². The van der Waals surface area contributed by atoms with Gasteiger partial charge in [-0.3, -0.25) is 9.59 Å². The summed E-state index contributed by atoms with van der Waals surface area (Å²) >= 11 is 0. The van der Waals surface area contributed by atoms with E-state index in [4.69, 9.17) is 5.11 Å². The van der Waals surface area contributed by atoms with Crippen LogP contribution in [0.1, 0.15) is 5.69 Å². The first-order chi connectivity index (χ1) is 9.17. The van der Waals surface area contributed by atoms with E-state index in [0.717, 1.165) is 0 Å². The van der Waals surface area contributed by atoms with Crippen LogP contribution in [-0.4, -0.2) is 34.4 Å². The summed E-state index contributed by atoms with van der Waals surface area (Å²) in [5.74, 6) is -0.174. The Bertz CT molecular complexity index is 664. The highest BCUT2D eigenvalue weighted by Gasteiger charge is 2.12. The number of aromatic nitrogens is 2. The lowest BCUT2D eigenvalue weighted by Crippen LogP contribution is -2.28. The van der Waals surface area contributed by atoms with Gasteiger partial charge in [-0.25, -0.2) is 4.68 Å². The van der Waals surface area contributed by atoms with Gasteiger partial charge in [-0.1, -0.05) is 18.2 Å². The number of nitrogens with zero attached hydrogens (tertiary/aromatic N) is 2. The Morgan fingerprint density at radius 3 is 2.68 bits per heavy atom. The van der Waals surface area contributed by atoms with Gasteiger partial charge in [0.1, 0.15) is 0 Å². The van der Waals surface area contributed by atoms with Crippen molar-refractivity contribution in [3.8, 4) is 0 Å². The summed E-state index contributed by atoms with van der Waals surface area (Å²) in [5, 5.41) is 16.8. The maximum atomic E-state index is 12.1. The van der Waals surface area contributed by atoms with E-state index < -0.39 is 0 Å². The molecule has 0 unspecified atom stereocenters. The van der Waals surface area contributed by atoms with E-state index in [1.54, 1.807) is 31.3 Å². The van der Waals surface area contributed by atoms with Gasteiger partial charge in [0.2, 0.25) is 5.91 Å². The molecule has 6 nitrogen and oxygen atoms in total. The lowest BCUT2D eigenvalue weighted by molar-refractivity contribution is -0.120. The largest absolute Gasteiger partial charge is 0.394 e. The molecular weight excluding hydrogens is 246 g/mol. The van der Waals surface area contributed by atoms with Crippen LogP contribution in [0, 0.1) is 0 Å². The Morgan fingerprint density at radius 2 is 2.05 bits per heavy atom. The van der Waals surface area contributed by atoms with Crippen molar-refractivity contribution in [2.45, 2.75) is 13.0 Å². The first-order valence-corrected chi connectivity index (χ1v) is 5.97. The molecule has 0 atom stereocenters. The summed E-state index contributed by atoms with van der Waals surface area (Å²) in [6.45, 7) is -0.0604. The Morgan fingerprint density at radius 1 is 1.37 bits per heavy atom. The molecule has 100 valence electrons. The summed E-state index contributed by atoms with van der Waals surface area (Å²) in [5.41, 5.74) is 0.272. The molecule has 0 radical (unpaired) electrons. The van der Waals surface area contributed by atoms with Crippen molar-refractivity contribution in [3.63, 3.8) is 0 Å². The van der Waals surface area contributed by atoms with Gasteiger partial charge >= 0.3 is 0 Å². The number of nitrogens with one attached hydrogen (secondary N) is 1. The smallest absolute Gasteiger partial charge is 0.274 e. The molecule has 0 fully saturated rings. The van der Waals surface area contributed by atoms with Crippen molar-refractivity contribution in [2.24, 2.45) is 0 Å². The molecule has 0 aliphatic carbocycles. The van der Waals surface area contributed by atoms with Gasteiger partial charge in [0.25, 0.3) is 5.56 Å². The molecule has 2 aromatic rings. The fourth-order valence-electron chi connectivity index (χ4n) is 1.92. The summed E-state index contributed by atoms with van der Waals surface area (Å²) in [6, 6.07) is 7.02. The van der Waals surface area contributed by atoms with Crippen molar-refractivity contribution in [3.05, 3.63) is 40.3 Å². The minimum atomic E-state index is -0.259. The van der Waals surface area contributed by atoms with Gasteiger partial charge < -0.3 is 10.4 Å². The number of amides is 1. The molecule has 0 saturated carbocycles. The standard InChI is InChI=1S/C13H15N3O3/c1-14-12(18)8-11-9-4-2-3-5-10(9)13(19)16(15-11)6-7-17/h2-5,17H,6-8H2,1H3,(H,14,18). The van der Waals surface area contributed by atoms with Crippen molar-refractivity contribution in [1.82, 2.24) is 15.1 Å². The number of carbonyl (C=O) groups excluding carboxylic acids is 1. The molecule has 0 aliphatic rings. The van der Waals surface area contributed by atoms with Crippen molar-refractivity contribution in [1.29, 1.82) is 0 Å². The summed E-state index contributed by atoms with van der Waals surface area (Å²) in [4.78, 5) is 23.6. The fourth-order valence-corrected chi connectivity index (χ4v) is 1.92. The maximum Gasteiger partial charge on any atom is 0.274 e. The molecule has 0 aliphatic heterocycles. The molecule has 0 spiro atoms. The van der Waals surface area contributed by atoms with Gasteiger partial charge in [-0.05, 0) is 6.07 Å². The molecule has 1 amide bonds. The molecule has 19 heavy (non-hydrogen) atoms. The molecule has 1 heterocycles. The second kappa shape index (κ2) is 5.62. The van der Waals surface area contributed by atoms with E-state index in [-0.39, 0.29) is 31.0 Å². The Hall–Kier alpha value is -2.21. The third kappa shape index (κ3) is 2.63.